The summed E-state index contributed by atoms with van der Waals surface area (Å²) in [7, 11) is 0. The van der Waals surface area contributed by atoms with Gasteiger partial charge in [0, 0.05) is 30.5 Å². The number of amides is 2. The van der Waals surface area contributed by atoms with E-state index in [0.717, 1.165) is 57.8 Å². The molecule has 7 nitrogen and oxygen atoms in total. The number of likely N-dealkylation sites (tertiary alicyclic amines) is 1. The summed E-state index contributed by atoms with van der Waals surface area (Å²) in [6, 6.07) is -0.595. The SMILES string of the molecule is C=CCCCCOC(=O)[C@@H]1[C@@H]2CCC3(S2)C(C(=O)N(CC=C)C(C)(C)C)N(CCCCCCO)C(=O)[C@H]13. The molecule has 1 spiro atoms. The first kappa shape index (κ1) is 29.8. The molecule has 2 bridgehead atoms. The molecular weight excluding hydrogens is 488 g/mol. The van der Waals surface area contributed by atoms with Gasteiger partial charge in [0.1, 0.15) is 6.04 Å². The Labute approximate surface area is 227 Å². The minimum Gasteiger partial charge on any atom is -0.465 e. The number of hydrogen-bond donors (Lipinski definition) is 1. The fourth-order valence-electron chi connectivity index (χ4n) is 6.32. The molecule has 0 radical (unpaired) electrons. The zero-order chi connectivity index (χ0) is 27.2. The molecule has 0 aromatic heterocycles. The number of thioether (sulfide) groups is 1. The van der Waals surface area contributed by atoms with Crippen molar-refractivity contribution in [1.82, 2.24) is 9.80 Å². The molecule has 37 heavy (non-hydrogen) atoms. The van der Waals surface area contributed by atoms with E-state index in [9.17, 15) is 14.4 Å². The number of ether oxygens (including phenoxy) is 1. The summed E-state index contributed by atoms with van der Waals surface area (Å²) in [5.74, 6) is -1.43. The number of allylic oxidation sites excluding steroid dienone is 1. The number of hydrogen-bond acceptors (Lipinski definition) is 6. The maximum Gasteiger partial charge on any atom is 0.310 e. The number of fused-ring (bicyclic) bond motifs is 1. The highest BCUT2D eigenvalue weighted by Crippen LogP contribution is 2.66. The van der Waals surface area contributed by atoms with E-state index in [0.29, 0.717) is 19.7 Å². The smallest absolute Gasteiger partial charge is 0.310 e. The molecule has 5 atom stereocenters. The first-order valence-electron chi connectivity index (χ1n) is 13.9. The first-order valence-corrected chi connectivity index (χ1v) is 14.8. The van der Waals surface area contributed by atoms with Crippen LogP contribution in [0, 0.1) is 11.8 Å². The van der Waals surface area contributed by atoms with E-state index >= 15 is 0 Å². The Balaban J connectivity index is 1.87. The maximum absolute atomic E-state index is 14.3. The predicted molar refractivity (Wildman–Crippen MR) is 148 cm³/mol. The summed E-state index contributed by atoms with van der Waals surface area (Å²) in [4.78, 5) is 45.2. The van der Waals surface area contributed by atoms with Crippen molar-refractivity contribution >= 4 is 29.5 Å². The average Bonchev–Trinajstić information content (AvgIpc) is 3.48. The van der Waals surface area contributed by atoms with E-state index in [-0.39, 0.29) is 29.6 Å². The van der Waals surface area contributed by atoms with E-state index < -0.39 is 28.2 Å². The Bertz CT molecular complexity index is 856. The Hall–Kier alpha value is -1.80. The van der Waals surface area contributed by atoms with E-state index in [4.69, 9.17) is 9.84 Å². The van der Waals surface area contributed by atoms with Crippen LogP contribution in [0.15, 0.2) is 25.3 Å². The van der Waals surface area contributed by atoms with Crippen LogP contribution in [0.5, 0.6) is 0 Å². The minimum atomic E-state index is -0.596. The number of unbranched alkanes of at least 4 members (excludes halogenated alkanes) is 5. The molecule has 2 amide bonds. The van der Waals surface area contributed by atoms with Crippen LogP contribution >= 0.6 is 11.8 Å². The van der Waals surface area contributed by atoms with Crippen LogP contribution in [0.2, 0.25) is 0 Å². The van der Waals surface area contributed by atoms with E-state index in [1.54, 1.807) is 22.7 Å². The Morgan fingerprint density at radius 1 is 1.16 bits per heavy atom. The molecule has 2 unspecified atom stereocenters. The summed E-state index contributed by atoms with van der Waals surface area (Å²) in [6.07, 6.45) is 11.0. The second-order valence-corrected chi connectivity index (χ2v) is 13.2. The Kier molecular flexibility index (Phi) is 10.3. The normalized spacial score (nSPS) is 28.3. The molecule has 0 saturated carbocycles. The van der Waals surface area contributed by atoms with Crippen LogP contribution in [0.4, 0.5) is 0 Å². The van der Waals surface area contributed by atoms with Crippen molar-refractivity contribution in [2.45, 2.75) is 100 Å². The highest BCUT2D eigenvalue weighted by atomic mass is 32.2. The van der Waals surface area contributed by atoms with Crippen molar-refractivity contribution in [3.8, 4) is 0 Å². The van der Waals surface area contributed by atoms with Gasteiger partial charge in [-0.25, -0.2) is 0 Å². The van der Waals surface area contributed by atoms with Gasteiger partial charge in [-0.05, 0) is 65.7 Å². The molecular formula is C29H46N2O5S. The number of esters is 1. The molecule has 0 aromatic rings. The number of carbonyl (C=O) groups is 3. The van der Waals surface area contributed by atoms with Gasteiger partial charge >= 0.3 is 5.97 Å². The molecule has 208 valence electrons. The lowest BCUT2D eigenvalue weighted by Gasteiger charge is -2.42. The summed E-state index contributed by atoms with van der Waals surface area (Å²) < 4.78 is 5.09. The summed E-state index contributed by atoms with van der Waals surface area (Å²) in [5.41, 5.74) is -0.430. The molecule has 8 heteroatoms. The summed E-state index contributed by atoms with van der Waals surface area (Å²) in [5, 5.41) is 9.13. The fraction of sp³-hybridized carbons (Fsp3) is 0.759. The standard InChI is InChI=1S/C29H46N2O5S/c1-6-8-9-14-20-36-27(35)22-21-15-16-29(37-21)23(22)25(33)30(18-12-10-11-13-19-32)24(29)26(34)31(17-7-2)28(3,4)5/h6-7,21-24,32H,1-2,8-20H2,3-5H3/t21-,22+,23-,24?,29?/m0/s1. The third-order valence-corrected chi connectivity index (χ3v) is 10.00. The monoisotopic (exact) mass is 534 g/mol. The van der Waals surface area contributed by atoms with Gasteiger partial charge in [-0.2, -0.15) is 0 Å². The first-order chi connectivity index (χ1) is 17.6. The second-order valence-electron chi connectivity index (χ2n) is 11.6. The van der Waals surface area contributed by atoms with Crippen molar-refractivity contribution in [1.29, 1.82) is 0 Å². The van der Waals surface area contributed by atoms with Gasteiger partial charge in [0.15, 0.2) is 0 Å². The lowest BCUT2D eigenvalue weighted by molar-refractivity contribution is -0.154. The van der Waals surface area contributed by atoms with E-state index in [2.05, 4.69) is 13.2 Å². The van der Waals surface area contributed by atoms with Gasteiger partial charge in [-0.1, -0.05) is 25.0 Å². The number of carbonyl (C=O) groups excluding carboxylic acids is 3. The van der Waals surface area contributed by atoms with Gasteiger partial charge in [0.25, 0.3) is 0 Å². The van der Waals surface area contributed by atoms with Crippen LogP contribution < -0.4 is 0 Å². The molecule has 3 saturated heterocycles. The van der Waals surface area contributed by atoms with Crippen LogP contribution in [-0.4, -0.2) is 80.6 Å². The molecule has 0 aromatic carbocycles. The van der Waals surface area contributed by atoms with Crippen LogP contribution in [0.25, 0.3) is 0 Å². The van der Waals surface area contributed by atoms with Crippen molar-refractivity contribution < 1.29 is 24.2 Å². The molecule has 3 fully saturated rings. The van der Waals surface area contributed by atoms with Gasteiger partial charge < -0.3 is 19.6 Å². The topological polar surface area (TPSA) is 87.2 Å². The molecule has 0 aliphatic carbocycles. The zero-order valence-electron chi connectivity index (χ0n) is 23.0. The highest BCUT2D eigenvalue weighted by molar-refractivity contribution is 8.02. The van der Waals surface area contributed by atoms with E-state index in [1.165, 1.54) is 0 Å². The van der Waals surface area contributed by atoms with Crippen LogP contribution in [-0.2, 0) is 19.1 Å². The summed E-state index contributed by atoms with van der Waals surface area (Å²) in [6.45, 7) is 15.0. The fourth-order valence-corrected chi connectivity index (χ4v) is 8.52. The maximum atomic E-state index is 14.3. The molecule has 3 rings (SSSR count). The predicted octanol–water partition coefficient (Wildman–Crippen LogP) is 4.34. The molecule has 1 N–H and O–H groups in total. The largest absolute Gasteiger partial charge is 0.465 e. The Morgan fingerprint density at radius 3 is 2.54 bits per heavy atom. The lowest BCUT2D eigenvalue weighted by atomic mass is 9.71. The van der Waals surface area contributed by atoms with E-state index in [1.807, 2.05) is 31.7 Å². The van der Waals surface area contributed by atoms with Gasteiger partial charge in [0.05, 0.1) is 23.2 Å². The number of nitrogens with zero attached hydrogens (tertiary/aromatic N) is 2. The van der Waals surface area contributed by atoms with Gasteiger partial charge in [0.2, 0.25) is 11.8 Å². The van der Waals surface area contributed by atoms with Gasteiger partial charge in [-0.3, -0.25) is 14.4 Å². The number of aliphatic hydroxyl groups is 1. The third kappa shape index (κ3) is 6.11. The number of rotatable bonds is 15. The highest BCUT2D eigenvalue weighted by Gasteiger charge is 2.74. The van der Waals surface area contributed by atoms with Crippen molar-refractivity contribution in [3.63, 3.8) is 0 Å². The summed E-state index contributed by atoms with van der Waals surface area (Å²) >= 11 is 1.69. The zero-order valence-corrected chi connectivity index (χ0v) is 23.8. The molecule has 3 aliphatic rings. The molecule has 3 heterocycles. The Morgan fingerprint density at radius 2 is 1.89 bits per heavy atom. The van der Waals surface area contributed by atoms with Gasteiger partial charge in [-0.15, -0.1) is 24.9 Å². The lowest BCUT2D eigenvalue weighted by Crippen LogP contribution is -2.58. The van der Waals surface area contributed by atoms with Crippen molar-refractivity contribution in [2.75, 3.05) is 26.3 Å². The second kappa shape index (κ2) is 12.8. The van der Waals surface area contributed by atoms with Crippen LogP contribution in [0.1, 0.15) is 78.6 Å². The number of aliphatic hydroxyl groups excluding tert-OH is 1. The quantitative estimate of drug-likeness (QED) is 0.191. The van der Waals surface area contributed by atoms with Crippen molar-refractivity contribution in [3.05, 3.63) is 25.3 Å². The third-order valence-electron chi connectivity index (χ3n) is 8.05. The average molecular weight is 535 g/mol. The molecule has 3 aliphatic heterocycles. The van der Waals surface area contributed by atoms with Crippen LogP contribution in [0.3, 0.4) is 0 Å². The minimum absolute atomic E-state index is 0.0131. The van der Waals surface area contributed by atoms with Crippen molar-refractivity contribution in [2.24, 2.45) is 11.8 Å².